The lowest BCUT2D eigenvalue weighted by Crippen LogP contribution is -2.28. The summed E-state index contributed by atoms with van der Waals surface area (Å²) in [6.45, 7) is 1.53. The molecule has 3 aromatic rings. The average Bonchev–Trinajstić information content (AvgIpc) is 3.13. The Hall–Kier alpha value is -2.14. The molecule has 4 rings (SSSR count). The van der Waals surface area contributed by atoms with Crippen molar-refractivity contribution in [1.82, 2.24) is 10.3 Å². The Morgan fingerprint density at radius 3 is 2.54 bits per heavy atom. The number of aromatic nitrogens is 1. The first kappa shape index (κ1) is 20.2. The molecule has 0 unspecified atom stereocenters. The first-order chi connectivity index (χ1) is 11.8. The molecule has 136 valence electrons. The number of hydrogen-bond donors (Lipinski definition) is 2. The van der Waals surface area contributed by atoms with Crippen molar-refractivity contribution >= 4 is 47.3 Å². The van der Waals surface area contributed by atoms with Gasteiger partial charge in [0.2, 0.25) is 5.91 Å². The molecule has 2 aromatic carbocycles. The summed E-state index contributed by atoms with van der Waals surface area (Å²) in [5, 5.41) is 7.46. The number of carbonyl (C=O) groups is 1. The highest BCUT2D eigenvalue weighted by Crippen LogP contribution is 2.30. The molecule has 1 saturated heterocycles. The fraction of sp³-hybridized carbons (Fsp3) is 0.200. The maximum Gasteiger partial charge on any atom is 0.229 e. The van der Waals surface area contributed by atoms with Crippen LogP contribution in [0.5, 0.6) is 0 Å². The molecule has 0 radical (unpaired) electrons. The van der Waals surface area contributed by atoms with Gasteiger partial charge in [-0.3, -0.25) is 9.78 Å². The van der Waals surface area contributed by atoms with Crippen LogP contribution in [0.3, 0.4) is 0 Å². The first-order valence-corrected chi connectivity index (χ1v) is 8.23. The minimum atomic E-state index is -0.0774. The number of hydrogen-bond acceptors (Lipinski definition) is 3. The van der Waals surface area contributed by atoms with Gasteiger partial charge in [0, 0.05) is 30.6 Å². The van der Waals surface area contributed by atoms with Crippen LogP contribution in [0.15, 0.2) is 66.9 Å². The summed E-state index contributed by atoms with van der Waals surface area (Å²) in [6.07, 6.45) is 1.75. The summed E-state index contributed by atoms with van der Waals surface area (Å²) < 4.78 is 0. The van der Waals surface area contributed by atoms with Gasteiger partial charge in [0.05, 0.1) is 17.1 Å². The van der Waals surface area contributed by atoms with Gasteiger partial charge in [0.1, 0.15) is 0 Å². The number of halogens is 2. The summed E-state index contributed by atoms with van der Waals surface area (Å²) in [5.74, 6) is 0.174. The number of amides is 1. The van der Waals surface area contributed by atoms with Crippen molar-refractivity contribution in [3.05, 3.63) is 72.4 Å². The van der Waals surface area contributed by atoms with Crippen molar-refractivity contribution in [2.45, 2.75) is 5.92 Å². The van der Waals surface area contributed by atoms with Gasteiger partial charge in [-0.05, 0) is 17.7 Å². The quantitative estimate of drug-likeness (QED) is 0.710. The maximum absolute atomic E-state index is 12.9. The third-order valence-electron chi connectivity index (χ3n) is 4.67. The molecule has 1 amide bonds. The SMILES string of the molecule is Cl.Cl.O=C(Nc1cccc2cccnc12)[C@H]1CNC[C@@H]1c1ccccc1. The number of benzene rings is 2. The van der Waals surface area contributed by atoms with Crippen LogP contribution >= 0.6 is 24.8 Å². The zero-order chi connectivity index (χ0) is 16.4. The Morgan fingerprint density at radius 2 is 1.73 bits per heavy atom. The van der Waals surface area contributed by atoms with Crippen LogP contribution in [-0.2, 0) is 4.79 Å². The maximum atomic E-state index is 12.9. The standard InChI is InChI=1S/C20H19N3O.2ClH/c24-20(17-13-21-12-16(17)14-6-2-1-3-7-14)23-18-10-4-8-15-9-5-11-22-19(15)18;;/h1-11,16-17,21H,12-13H2,(H,23,24);2*1H/t16-,17+;;/m1../s1. The molecule has 6 heteroatoms. The van der Waals surface area contributed by atoms with Crippen molar-refractivity contribution < 1.29 is 4.79 Å². The van der Waals surface area contributed by atoms with E-state index >= 15 is 0 Å². The molecule has 2 heterocycles. The Labute approximate surface area is 165 Å². The molecule has 4 nitrogen and oxygen atoms in total. The Balaban J connectivity index is 0.00000121. The zero-order valence-electron chi connectivity index (χ0n) is 14.1. The molecular formula is C20H21Cl2N3O. The zero-order valence-corrected chi connectivity index (χ0v) is 15.7. The Morgan fingerprint density at radius 1 is 0.962 bits per heavy atom. The molecule has 0 bridgehead atoms. The van der Waals surface area contributed by atoms with Gasteiger partial charge in [0.25, 0.3) is 0 Å². The largest absolute Gasteiger partial charge is 0.324 e. The van der Waals surface area contributed by atoms with E-state index in [1.807, 2.05) is 48.5 Å². The topological polar surface area (TPSA) is 54.0 Å². The van der Waals surface area contributed by atoms with Crippen LogP contribution in [0.2, 0.25) is 0 Å². The van der Waals surface area contributed by atoms with Crippen LogP contribution in [0.1, 0.15) is 11.5 Å². The molecule has 1 aromatic heterocycles. The predicted octanol–water partition coefficient (Wildman–Crippen LogP) is 4.02. The highest BCUT2D eigenvalue weighted by molar-refractivity contribution is 6.01. The molecule has 1 aliphatic heterocycles. The van der Waals surface area contributed by atoms with Crippen molar-refractivity contribution in [3.63, 3.8) is 0 Å². The molecule has 2 N–H and O–H groups in total. The van der Waals surface area contributed by atoms with Crippen LogP contribution < -0.4 is 10.6 Å². The lowest BCUT2D eigenvalue weighted by atomic mass is 9.88. The van der Waals surface area contributed by atoms with E-state index in [4.69, 9.17) is 0 Å². The molecule has 26 heavy (non-hydrogen) atoms. The van der Waals surface area contributed by atoms with Crippen LogP contribution in [0, 0.1) is 5.92 Å². The summed E-state index contributed by atoms with van der Waals surface area (Å²) in [6, 6.07) is 20.0. The minimum absolute atomic E-state index is 0. The van der Waals surface area contributed by atoms with Crippen LogP contribution in [0.4, 0.5) is 5.69 Å². The molecule has 0 aliphatic carbocycles. The van der Waals surface area contributed by atoms with Gasteiger partial charge >= 0.3 is 0 Å². The number of fused-ring (bicyclic) bond motifs is 1. The summed E-state index contributed by atoms with van der Waals surface area (Å²) in [7, 11) is 0. The third kappa shape index (κ3) is 3.98. The molecule has 0 saturated carbocycles. The number of nitrogens with zero attached hydrogens (tertiary/aromatic N) is 1. The van der Waals surface area contributed by atoms with E-state index in [0.717, 1.165) is 23.1 Å². The highest BCUT2D eigenvalue weighted by Gasteiger charge is 2.34. The number of para-hydroxylation sites is 1. The first-order valence-electron chi connectivity index (χ1n) is 8.23. The van der Waals surface area contributed by atoms with E-state index in [-0.39, 0.29) is 42.6 Å². The van der Waals surface area contributed by atoms with Crippen molar-refractivity contribution in [1.29, 1.82) is 0 Å². The number of nitrogens with one attached hydrogen (secondary N) is 2. The smallest absolute Gasteiger partial charge is 0.229 e. The average molecular weight is 390 g/mol. The molecule has 1 aliphatic rings. The number of carbonyl (C=O) groups excluding carboxylic acids is 1. The van der Waals surface area contributed by atoms with Gasteiger partial charge in [-0.2, -0.15) is 0 Å². The number of rotatable bonds is 3. The van der Waals surface area contributed by atoms with Crippen LogP contribution in [0.25, 0.3) is 10.9 Å². The van der Waals surface area contributed by atoms with Crippen molar-refractivity contribution in [2.24, 2.45) is 5.92 Å². The number of anilines is 1. The van der Waals surface area contributed by atoms with Gasteiger partial charge in [-0.1, -0.05) is 48.5 Å². The predicted molar refractivity (Wildman–Crippen MR) is 110 cm³/mol. The molecule has 2 atom stereocenters. The van der Waals surface area contributed by atoms with Crippen molar-refractivity contribution in [2.75, 3.05) is 18.4 Å². The van der Waals surface area contributed by atoms with E-state index in [0.29, 0.717) is 6.54 Å². The Kier molecular flexibility index (Phi) is 6.98. The fourth-order valence-electron chi connectivity index (χ4n) is 3.44. The Bertz CT molecular complexity index is 868. The molecule has 0 spiro atoms. The van der Waals surface area contributed by atoms with E-state index < -0.39 is 0 Å². The molecular weight excluding hydrogens is 369 g/mol. The van der Waals surface area contributed by atoms with E-state index in [1.54, 1.807) is 6.20 Å². The minimum Gasteiger partial charge on any atom is -0.324 e. The second-order valence-corrected chi connectivity index (χ2v) is 6.15. The summed E-state index contributed by atoms with van der Waals surface area (Å²) >= 11 is 0. The fourth-order valence-corrected chi connectivity index (χ4v) is 3.44. The second kappa shape index (κ2) is 8.99. The van der Waals surface area contributed by atoms with Gasteiger partial charge in [-0.25, -0.2) is 0 Å². The lowest BCUT2D eigenvalue weighted by Gasteiger charge is -2.19. The lowest BCUT2D eigenvalue weighted by molar-refractivity contribution is -0.119. The van der Waals surface area contributed by atoms with E-state index in [2.05, 4.69) is 27.8 Å². The van der Waals surface area contributed by atoms with Crippen LogP contribution in [-0.4, -0.2) is 24.0 Å². The number of pyridine rings is 1. The summed E-state index contributed by atoms with van der Waals surface area (Å²) in [5.41, 5.74) is 2.81. The normalized spacial score (nSPS) is 18.6. The van der Waals surface area contributed by atoms with E-state index in [9.17, 15) is 4.79 Å². The summed E-state index contributed by atoms with van der Waals surface area (Å²) in [4.78, 5) is 17.3. The van der Waals surface area contributed by atoms with Gasteiger partial charge in [-0.15, -0.1) is 24.8 Å². The van der Waals surface area contributed by atoms with Gasteiger partial charge < -0.3 is 10.6 Å². The van der Waals surface area contributed by atoms with Gasteiger partial charge in [0.15, 0.2) is 0 Å². The second-order valence-electron chi connectivity index (χ2n) is 6.15. The van der Waals surface area contributed by atoms with Crippen molar-refractivity contribution in [3.8, 4) is 0 Å². The van der Waals surface area contributed by atoms with E-state index in [1.165, 1.54) is 5.56 Å². The third-order valence-corrected chi connectivity index (χ3v) is 4.67. The highest BCUT2D eigenvalue weighted by atomic mass is 35.5. The monoisotopic (exact) mass is 389 g/mol. The molecule has 1 fully saturated rings.